The molecule has 0 aliphatic rings. The molecular formula is C23H42ClN. The van der Waals surface area contributed by atoms with Gasteiger partial charge < -0.3 is 6.15 Å². The largest absolute Gasteiger partial charge is 0.344 e. The summed E-state index contributed by atoms with van der Waals surface area (Å²) in [7, 11) is 0. The van der Waals surface area contributed by atoms with Crippen LogP contribution in [0.15, 0.2) is 24.3 Å². The lowest BCUT2D eigenvalue weighted by atomic mass is 9.93. The lowest BCUT2D eigenvalue weighted by molar-refractivity contribution is 0.543. The van der Waals surface area contributed by atoms with E-state index in [1.807, 2.05) is 0 Å². The second kappa shape index (κ2) is 14.6. The van der Waals surface area contributed by atoms with Crippen LogP contribution in [0.3, 0.4) is 0 Å². The van der Waals surface area contributed by atoms with E-state index in [9.17, 15) is 0 Å². The van der Waals surface area contributed by atoms with Gasteiger partial charge in [0.25, 0.3) is 0 Å². The lowest BCUT2D eigenvalue weighted by Crippen LogP contribution is -2.10. The van der Waals surface area contributed by atoms with Crippen LogP contribution in [0, 0.1) is 0 Å². The van der Waals surface area contributed by atoms with Crippen molar-refractivity contribution in [1.29, 1.82) is 0 Å². The van der Waals surface area contributed by atoms with Crippen molar-refractivity contribution in [3.8, 4) is 0 Å². The molecule has 1 nitrogen and oxygen atoms in total. The van der Waals surface area contributed by atoms with E-state index in [0.717, 1.165) is 0 Å². The number of rotatable bonds is 14. The summed E-state index contributed by atoms with van der Waals surface area (Å²) in [6, 6.07) is 8.67. The molecule has 0 atom stereocenters. The van der Waals surface area contributed by atoms with Crippen LogP contribution in [-0.2, 0) is 11.3 Å². The minimum absolute atomic E-state index is 0. The van der Waals surface area contributed by atoms with Crippen LogP contribution in [-0.4, -0.2) is 0 Å². The molecule has 2 heteroatoms. The molecule has 1 aromatic carbocycles. The summed E-state index contributed by atoms with van der Waals surface area (Å²) in [5.41, 5.74) is 2.74. The molecule has 0 aliphatic heterocycles. The van der Waals surface area contributed by atoms with Crippen LogP contribution >= 0.6 is 11.6 Å². The standard InChI is InChI=1S/C23H39Cl.H3N/c1-4-5-6-7-8-9-10-11-12-13-14-15-18-21-19-16-17-20-22(21)23(2,3)24;/h16-17,19-20H,4-15,18H2,1-3H3;1H3. The molecule has 0 radical (unpaired) electrons. The van der Waals surface area contributed by atoms with Crippen LogP contribution in [0.5, 0.6) is 0 Å². The minimum atomic E-state index is -0.256. The molecule has 0 fully saturated rings. The summed E-state index contributed by atoms with van der Waals surface area (Å²) in [5, 5.41) is 0. The number of hydrogen-bond donors (Lipinski definition) is 1. The third-order valence-electron chi connectivity index (χ3n) is 4.96. The molecule has 1 rings (SSSR count). The van der Waals surface area contributed by atoms with Crippen LogP contribution in [0.4, 0.5) is 0 Å². The van der Waals surface area contributed by atoms with Gasteiger partial charge in [-0.15, -0.1) is 11.6 Å². The quantitative estimate of drug-likeness (QED) is 0.259. The molecule has 0 saturated heterocycles. The fourth-order valence-corrected chi connectivity index (χ4v) is 3.66. The maximum Gasteiger partial charge on any atom is 0.0641 e. The SMILES string of the molecule is CCCCCCCCCCCCCCc1ccccc1C(C)(C)Cl.N. The maximum absolute atomic E-state index is 6.51. The number of alkyl halides is 1. The molecule has 0 aromatic heterocycles. The zero-order chi connectivity index (χ0) is 17.7. The molecule has 25 heavy (non-hydrogen) atoms. The zero-order valence-corrected chi connectivity index (χ0v) is 17.8. The van der Waals surface area contributed by atoms with Crippen molar-refractivity contribution >= 4 is 11.6 Å². The van der Waals surface area contributed by atoms with Gasteiger partial charge >= 0.3 is 0 Å². The smallest absolute Gasteiger partial charge is 0.0641 e. The number of hydrogen-bond acceptors (Lipinski definition) is 1. The normalized spacial score (nSPS) is 11.4. The molecule has 0 bridgehead atoms. The molecule has 0 unspecified atom stereocenters. The molecule has 0 aliphatic carbocycles. The average molecular weight is 368 g/mol. The average Bonchev–Trinajstić information content (AvgIpc) is 2.55. The number of halogens is 1. The van der Waals surface area contributed by atoms with Crippen molar-refractivity contribution in [1.82, 2.24) is 6.15 Å². The summed E-state index contributed by atoms with van der Waals surface area (Å²) in [5.74, 6) is 0. The first-order valence-electron chi connectivity index (χ1n) is 10.3. The second-order valence-corrected chi connectivity index (χ2v) is 8.71. The van der Waals surface area contributed by atoms with E-state index in [1.54, 1.807) is 0 Å². The van der Waals surface area contributed by atoms with Gasteiger partial charge in [0.15, 0.2) is 0 Å². The first-order valence-corrected chi connectivity index (χ1v) is 10.7. The van der Waals surface area contributed by atoms with Crippen molar-refractivity contribution in [2.75, 3.05) is 0 Å². The van der Waals surface area contributed by atoms with Gasteiger partial charge in [0.1, 0.15) is 0 Å². The number of benzene rings is 1. The lowest BCUT2D eigenvalue weighted by Gasteiger charge is -2.20. The Morgan fingerprint density at radius 2 is 1.16 bits per heavy atom. The van der Waals surface area contributed by atoms with Crippen LogP contribution in [0.25, 0.3) is 0 Å². The highest BCUT2D eigenvalue weighted by Crippen LogP contribution is 2.31. The van der Waals surface area contributed by atoms with E-state index >= 15 is 0 Å². The first-order chi connectivity index (χ1) is 11.6. The summed E-state index contributed by atoms with van der Waals surface area (Å²) >= 11 is 6.51. The van der Waals surface area contributed by atoms with E-state index in [-0.39, 0.29) is 11.0 Å². The summed E-state index contributed by atoms with van der Waals surface area (Å²) in [6.07, 6.45) is 18.1. The van der Waals surface area contributed by atoms with Crippen molar-refractivity contribution in [2.24, 2.45) is 0 Å². The Balaban J connectivity index is 0.00000576. The third kappa shape index (κ3) is 11.7. The number of unbranched alkanes of at least 4 members (excludes halogenated alkanes) is 11. The Bertz CT molecular complexity index is 422. The van der Waals surface area contributed by atoms with Gasteiger partial charge in [-0.25, -0.2) is 0 Å². The van der Waals surface area contributed by atoms with Gasteiger partial charge in [-0.2, -0.15) is 0 Å². The van der Waals surface area contributed by atoms with Gasteiger partial charge in [-0.3, -0.25) is 0 Å². The van der Waals surface area contributed by atoms with Gasteiger partial charge in [0, 0.05) is 0 Å². The summed E-state index contributed by atoms with van der Waals surface area (Å²) in [6.45, 7) is 6.47. The fourth-order valence-electron chi connectivity index (χ4n) is 3.47. The van der Waals surface area contributed by atoms with Gasteiger partial charge in [-0.05, 0) is 37.8 Å². The van der Waals surface area contributed by atoms with Crippen molar-refractivity contribution in [2.45, 2.75) is 109 Å². The van der Waals surface area contributed by atoms with Crippen LogP contribution in [0.2, 0.25) is 0 Å². The molecule has 3 N–H and O–H groups in total. The highest BCUT2D eigenvalue weighted by atomic mass is 35.5. The van der Waals surface area contributed by atoms with E-state index < -0.39 is 0 Å². The van der Waals surface area contributed by atoms with E-state index in [1.165, 1.54) is 94.6 Å². The Hall–Kier alpha value is -0.530. The molecular weight excluding hydrogens is 326 g/mol. The van der Waals surface area contributed by atoms with Gasteiger partial charge in [0.2, 0.25) is 0 Å². The topological polar surface area (TPSA) is 35.0 Å². The second-order valence-electron chi connectivity index (χ2n) is 7.77. The fraction of sp³-hybridized carbons (Fsp3) is 0.739. The highest BCUT2D eigenvalue weighted by molar-refractivity contribution is 6.23. The monoisotopic (exact) mass is 367 g/mol. The van der Waals surface area contributed by atoms with Gasteiger partial charge in [-0.1, -0.05) is 102 Å². The number of aryl methyl sites for hydroxylation is 1. The molecule has 0 heterocycles. The van der Waals surface area contributed by atoms with E-state index in [2.05, 4.69) is 45.0 Å². The molecule has 0 saturated carbocycles. The molecule has 1 aromatic rings. The van der Waals surface area contributed by atoms with Crippen LogP contribution in [0.1, 0.15) is 109 Å². The Morgan fingerprint density at radius 1 is 0.720 bits per heavy atom. The summed E-state index contributed by atoms with van der Waals surface area (Å²) < 4.78 is 0. The Kier molecular flexibility index (Phi) is 14.3. The molecule has 146 valence electrons. The van der Waals surface area contributed by atoms with E-state index in [0.29, 0.717) is 0 Å². The van der Waals surface area contributed by atoms with Crippen LogP contribution < -0.4 is 6.15 Å². The zero-order valence-electron chi connectivity index (χ0n) is 17.1. The van der Waals surface area contributed by atoms with E-state index in [4.69, 9.17) is 11.6 Å². The third-order valence-corrected chi connectivity index (χ3v) is 5.16. The Labute approximate surface area is 162 Å². The molecule has 0 spiro atoms. The molecule has 0 amide bonds. The summed E-state index contributed by atoms with van der Waals surface area (Å²) in [4.78, 5) is -0.256. The predicted octanol–water partition coefficient (Wildman–Crippen LogP) is 8.57. The Morgan fingerprint density at radius 3 is 1.64 bits per heavy atom. The van der Waals surface area contributed by atoms with Crippen molar-refractivity contribution < 1.29 is 0 Å². The van der Waals surface area contributed by atoms with Crippen molar-refractivity contribution in [3.63, 3.8) is 0 Å². The predicted molar refractivity (Wildman–Crippen MR) is 115 cm³/mol. The highest BCUT2D eigenvalue weighted by Gasteiger charge is 2.19. The van der Waals surface area contributed by atoms with Crippen molar-refractivity contribution in [3.05, 3.63) is 35.4 Å². The first kappa shape index (κ1) is 24.5. The minimum Gasteiger partial charge on any atom is -0.344 e. The van der Waals surface area contributed by atoms with Gasteiger partial charge in [0.05, 0.1) is 4.87 Å². The maximum atomic E-state index is 6.51.